The zero-order chi connectivity index (χ0) is 21.2. The zero-order valence-electron chi connectivity index (χ0n) is 15.5. The van der Waals surface area contributed by atoms with Crippen molar-refractivity contribution < 1.29 is 26.3 Å². The van der Waals surface area contributed by atoms with Crippen LogP contribution in [-0.4, -0.2) is 25.1 Å². The summed E-state index contributed by atoms with van der Waals surface area (Å²) >= 11 is 0. The SMILES string of the molecule is COc1cccc(C(NS(=O)(=O)c2ccc(C(F)(F)F)cc2)c2nccn2C)c1. The van der Waals surface area contributed by atoms with E-state index in [1.165, 1.54) is 13.3 Å². The van der Waals surface area contributed by atoms with Crippen LogP contribution in [0.3, 0.4) is 0 Å². The molecule has 3 rings (SSSR count). The molecule has 3 aromatic rings. The molecule has 1 aromatic heterocycles. The Morgan fingerprint density at radius 1 is 1.14 bits per heavy atom. The molecule has 0 radical (unpaired) electrons. The lowest BCUT2D eigenvalue weighted by Crippen LogP contribution is -2.31. The summed E-state index contributed by atoms with van der Waals surface area (Å²) in [5, 5.41) is 0. The Bertz CT molecular complexity index is 1090. The quantitative estimate of drug-likeness (QED) is 0.656. The third-order valence-corrected chi connectivity index (χ3v) is 5.75. The number of benzene rings is 2. The van der Waals surface area contributed by atoms with Gasteiger partial charge in [0.15, 0.2) is 0 Å². The minimum Gasteiger partial charge on any atom is -0.497 e. The van der Waals surface area contributed by atoms with Gasteiger partial charge in [-0.1, -0.05) is 12.1 Å². The first-order valence-corrected chi connectivity index (χ1v) is 9.91. The molecule has 0 aliphatic rings. The van der Waals surface area contributed by atoms with Gasteiger partial charge in [0.2, 0.25) is 10.0 Å². The van der Waals surface area contributed by atoms with Crippen LogP contribution in [0.25, 0.3) is 0 Å². The molecule has 0 fully saturated rings. The van der Waals surface area contributed by atoms with Crippen LogP contribution in [0.5, 0.6) is 5.75 Å². The van der Waals surface area contributed by atoms with Crippen LogP contribution < -0.4 is 9.46 Å². The van der Waals surface area contributed by atoms with Gasteiger partial charge in [-0.15, -0.1) is 0 Å². The Morgan fingerprint density at radius 3 is 2.38 bits per heavy atom. The van der Waals surface area contributed by atoms with E-state index >= 15 is 0 Å². The predicted molar refractivity (Wildman–Crippen MR) is 99.8 cm³/mol. The Hall–Kier alpha value is -2.85. The lowest BCUT2D eigenvalue weighted by molar-refractivity contribution is -0.137. The highest BCUT2D eigenvalue weighted by Gasteiger charge is 2.31. The molecule has 2 aromatic carbocycles. The van der Waals surface area contributed by atoms with Crippen LogP contribution in [0.4, 0.5) is 13.2 Å². The number of alkyl halides is 3. The van der Waals surface area contributed by atoms with Crippen molar-refractivity contribution in [2.45, 2.75) is 17.1 Å². The highest BCUT2D eigenvalue weighted by atomic mass is 32.2. The summed E-state index contributed by atoms with van der Waals surface area (Å²) in [6.07, 6.45) is -1.37. The minimum absolute atomic E-state index is 0.285. The summed E-state index contributed by atoms with van der Waals surface area (Å²) in [6.45, 7) is 0. The highest BCUT2D eigenvalue weighted by Crippen LogP contribution is 2.30. The van der Waals surface area contributed by atoms with Crippen molar-refractivity contribution in [2.24, 2.45) is 7.05 Å². The van der Waals surface area contributed by atoms with Crippen LogP contribution in [0.2, 0.25) is 0 Å². The van der Waals surface area contributed by atoms with Crippen molar-refractivity contribution in [1.29, 1.82) is 0 Å². The maximum Gasteiger partial charge on any atom is 0.416 e. The lowest BCUT2D eigenvalue weighted by Gasteiger charge is -2.20. The Morgan fingerprint density at radius 2 is 1.83 bits per heavy atom. The second-order valence-electron chi connectivity index (χ2n) is 6.25. The number of imidazole rings is 1. The molecule has 10 heteroatoms. The average Bonchev–Trinajstić information content (AvgIpc) is 3.11. The van der Waals surface area contributed by atoms with Crippen molar-refractivity contribution in [3.05, 3.63) is 77.9 Å². The number of nitrogens with zero attached hydrogens (tertiary/aromatic N) is 2. The standard InChI is InChI=1S/C19H18F3N3O3S/c1-25-11-10-23-18(25)17(13-4-3-5-15(12-13)28-2)24-29(26,27)16-8-6-14(7-9-16)19(20,21)22/h3-12,17,24H,1-2H3. The normalized spacial score (nSPS) is 13.3. The van der Waals surface area contributed by atoms with Crippen molar-refractivity contribution in [2.75, 3.05) is 7.11 Å². The second kappa shape index (κ2) is 7.88. The van der Waals surface area contributed by atoms with Gasteiger partial charge in [0, 0.05) is 19.4 Å². The van der Waals surface area contributed by atoms with Crippen molar-refractivity contribution in [1.82, 2.24) is 14.3 Å². The smallest absolute Gasteiger partial charge is 0.416 e. The molecule has 29 heavy (non-hydrogen) atoms. The maximum absolute atomic E-state index is 12.9. The molecule has 0 spiro atoms. The second-order valence-corrected chi connectivity index (χ2v) is 7.96. The van der Waals surface area contributed by atoms with E-state index in [0.29, 0.717) is 17.1 Å². The van der Waals surface area contributed by atoms with Gasteiger partial charge in [-0.2, -0.15) is 17.9 Å². The number of aromatic nitrogens is 2. The van der Waals surface area contributed by atoms with Gasteiger partial charge in [0.25, 0.3) is 0 Å². The lowest BCUT2D eigenvalue weighted by atomic mass is 10.1. The molecule has 1 atom stereocenters. The van der Waals surface area contributed by atoms with E-state index in [1.54, 1.807) is 42.1 Å². The van der Waals surface area contributed by atoms with E-state index in [4.69, 9.17) is 4.74 Å². The largest absolute Gasteiger partial charge is 0.497 e. The topological polar surface area (TPSA) is 73.2 Å². The molecule has 0 saturated carbocycles. The van der Waals surface area contributed by atoms with E-state index < -0.39 is 27.8 Å². The predicted octanol–water partition coefficient (Wildman–Crippen LogP) is 3.52. The average molecular weight is 425 g/mol. The number of sulfonamides is 1. The summed E-state index contributed by atoms with van der Waals surface area (Å²) in [4.78, 5) is 3.93. The molecule has 0 amide bonds. The summed E-state index contributed by atoms with van der Waals surface area (Å²) in [7, 11) is -0.946. The Labute approximate surface area is 166 Å². The number of nitrogens with one attached hydrogen (secondary N) is 1. The molecule has 1 unspecified atom stereocenters. The number of rotatable bonds is 6. The number of halogens is 3. The van der Waals surface area contributed by atoms with Gasteiger partial charge in [0.1, 0.15) is 17.6 Å². The first-order valence-electron chi connectivity index (χ1n) is 8.42. The summed E-state index contributed by atoms with van der Waals surface area (Å²) < 4.78 is 73.4. The summed E-state index contributed by atoms with van der Waals surface area (Å²) in [5.41, 5.74) is -0.362. The first-order chi connectivity index (χ1) is 13.6. The van der Waals surface area contributed by atoms with E-state index in [-0.39, 0.29) is 4.90 Å². The van der Waals surface area contributed by atoms with Crippen molar-refractivity contribution >= 4 is 10.0 Å². The minimum atomic E-state index is -4.55. The summed E-state index contributed by atoms with van der Waals surface area (Å²) in [5.74, 6) is 0.934. The van der Waals surface area contributed by atoms with E-state index in [0.717, 1.165) is 24.3 Å². The summed E-state index contributed by atoms with van der Waals surface area (Å²) in [6, 6.07) is 9.22. The van der Waals surface area contributed by atoms with Gasteiger partial charge in [-0.3, -0.25) is 0 Å². The molecular formula is C19H18F3N3O3S. The number of ether oxygens (including phenoxy) is 1. The number of aryl methyl sites for hydroxylation is 1. The molecule has 1 N–H and O–H groups in total. The van der Waals surface area contributed by atoms with E-state index in [9.17, 15) is 21.6 Å². The van der Waals surface area contributed by atoms with Crippen LogP contribution in [0, 0.1) is 0 Å². The molecule has 0 aliphatic carbocycles. The third kappa shape index (κ3) is 4.60. The van der Waals surface area contributed by atoms with Gasteiger partial charge in [-0.25, -0.2) is 13.4 Å². The monoisotopic (exact) mass is 425 g/mol. The van der Waals surface area contributed by atoms with Crippen LogP contribution >= 0.6 is 0 Å². The first kappa shape index (κ1) is 20.9. The fourth-order valence-corrected chi connectivity index (χ4v) is 3.97. The van der Waals surface area contributed by atoms with Crippen molar-refractivity contribution in [3.8, 4) is 5.75 Å². The van der Waals surface area contributed by atoms with Gasteiger partial charge >= 0.3 is 6.18 Å². The zero-order valence-corrected chi connectivity index (χ0v) is 16.3. The fraction of sp³-hybridized carbons (Fsp3) is 0.211. The van der Waals surface area contributed by atoms with Gasteiger partial charge in [0.05, 0.1) is 17.6 Å². The highest BCUT2D eigenvalue weighted by molar-refractivity contribution is 7.89. The van der Waals surface area contributed by atoms with Gasteiger partial charge < -0.3 is 9.30 Å². The van der Waals surface area contributed by atoms with E-state index in [1.807, 2.05) is 0 Å². The van der Waals surface area contributed by atoms with E-state index in [2.05, 4.69) is 9.71 Å². The third-order valence-electron chi connectivity index (χ3n) is 4.31. The van der Waals surface area contributed by atoms with Crippen LogP contribution in [-0.2, 0) is 23.2 Å². The molecule has 0 bridgehead atoms. The molecular weight excluding hydrogens is 407 g/mol. The van der Waals surface area contributed by atoms with Crippen molar-refractivity contribution in [3.63, 3.8) is 0 Å². The molecule has 0 aliphatic heterocycles. The number of methoxy groups -OCH3 is 1. The molecule has 6 nitrogen and oxygen atoms in total. The Kier molecular flexibility index (Phi) is 5.67. The fourth-order valence-electron chi connectivity index (χ4n) is 2.79. The van der Waals surface area contributed by atoms with Crippen LogP contribution in [0.1, 0.15) is 23.0 Å². The molecule has 154 valence electrons. The molecule has 0 saturated heterocycles. The molecule has 1 heterocycles. The van der Waals surface area contributed by atoms with Crippen LogP contribution in [0.15, 0.2) is 65.8 Å². The van der Waals surface area contributed by atoms with Gasteiger partial charge in [-0.05, 0) is 42.0 Å². The number of hydrogen-bond acceptors (Lipinski definition) is 4. The number of hydrogen-bond donors (Lipinski definition) is 1. The maximum atomic E-state index is 12.9. The Balaban J connectivity index is 2.00.